The first-order chi connectivity index (χ1) is 10.1. The molecule has 2 rings (SSSR count). The van der Waals surface area contributed by atoms with Crippen molar-refractivity contribution in [1.29, 1.82) is 0 Å². The molecule has 2 N–H and O–H groups in total. The minimum absolute atomic E-state index is 0.0487. The maximum atomic E-state index is 12.1. The van der Waals surface area contributed by atoms with E-state index in [9.17, 15) is 9.59 Å². The molecule has 120 valence electrons. The van der Waals surface area contributed by atoms with Gasteiger partial charge in [-0.25, -0.2) is 4.79 Å². The highest BCUT2D eigenvalue weighted by atomic mass is 16.5. The predicted octanol–water partition coefficient (Wildman–Crippen LogP) is 0.213. The number of nitrogens with one attached hydrogen (secondary N) is 1. The zero-order valence-corrected chi connectivity index (χ0v) is 12.6. The van der Waals surface area contributed by atoms with Crippen molar-refractivity contribution in [2.45, 2.75) is 25.9 Å². The summed E-state index contributed by atoms with van der Waals surface area (Å²) in [7, 11) is 0. The van der Waals surface area contributed by atoms with Gasteiger partial charge >= 0.3 is 12.0 Å². The number of aliphatic carboxylic acids is 1. The SMILES string of the molecule is CCC1OCCC1CNC(=O)N1CCN(CC(=O)O)CC1. The number of ether oxygens (including phenoxy) is 1. The minimum atomic E-state index is -0.820. The third-order valence-electron chi connectivity index (χ3n) is 4.28. The molecule has 2 unspecified atom stereocenters. The molecule has 21 heavy (non-hydrogen) atoms. The summed E-state index contributed by atoms with van der Waals surface area (Å²) in [4.78, 5) is 26.4. The Morgan fingerprint density at radius 2 is 2.00 bits per heavy atom. The lowest BCUT2D eigenvalue weighted by atomic mass is 10.00. The number of carboxylic acid groups (broad SMARTS) is 1. The van der Waals surface area contributed by atoms with E-state index in [1.54, 1.807) is 4.90 Å². The third-order valence-corrected chi connectivity index (χ3v) is 4.28. The second-order valence-corrected chi connectivity index (χ2v) is 5.71. The van der Waals surface area contributed by atoms with Gasteiger partial charge in [0, 0.05) is 45.2 Å². The van der Waals surface area contributed by atoms with Gasteiger partial charge in [0.05, 0.1) is 12.6 Å². The normalized spacial score (nSPS) is 26.8. The number of carbonyl (C=O) groups excluding carboxylic acids is 1. The van der Waals surface area contributed by atoms with E-state index < -0.39 is 5.97 Å². The highest BCUT2D eigenvalue weighted by Gasteiger charge is 2.28. The number of carbonyl (C=O) groups is 2. The number of rotatable bonds is 5. The predicted molar refractivity (Wildman–Crippen MR) is 77.2 cm³/mol. The van der Waals surface area contributed by atoms with E-state index in [2.05, 4.69) is 12.2 Å². The van der Waals surface area contributed by atoms with Crippen LogP contribution in [0.4, 0.5) is 4.79 Å². The lowest BCUT2D eigenvalue weighted by Crippen LogP contribution is -2.53. The summed E-state index contributed by atoms with van der Waals surface area (Å²) in [5.74, 6) is -0.410. The van der Waals surface area contributed by atoms with Crippen LogP contribution in [0.25, 0.3) is 0 Å². The summed E-state index contributed by atoms with van der Waals surface area (Å²) in [6, 6.07) is -0.0493. The molecule has 0 aliphatic carbocycles. The Hall–Kier alpha value is -1.34. The maximum Gasteiger partial charge on any atom is 0.317 e. The molecule has 2 atom stereocenters. The largest absolute Gasteiger partial charge is 0.480 e. The number of hydrogen-bond acceptors (Lipinski definition) is 4. The van der Waals surface area contributed by atoms with E-state index in [-0.39, 0.29) is 18.7 Å². The molecule has 0 aromatic carbocycles. The number of nitrogens with zero attached hydrogens (tertiary/aromatic N) is 2. The summed E-state index contributed by atoms with van der Waals surface area (Å²) >= 11 is 0. The van der Waals surface area contributed by atoms with Gasteiger partial charge in [0.25, 0.3) is 0 Å². The average molecular weight is 299 g/mol. The van der Waals surface area contributed by atoms with E-state index >= 15 is 0 Å². The zero-order valence-electron chi connectivity index (χ0n) is 12.6. The fourth-order valence-corrected chi connectivity index (χ4v) is 3.01. The molecule has 7 nitrogen and oxygen atoms in total. The summed E-state index contributed by atoms with van der Waals surface area (Å²) in [5, 5.41) is 11.7. The molecule has 2 aliphatic rings. The van der Waals surface area contributed by atoms with Crippen molar-refractivity contribution < 1.29 is 19.4 Å². The van der Waals surface area contributed by atoms with Crippen LogP contribution >= 0.6 is 0 Å². The van der Waals surface area contributed by atoms with E-state index in [1.165, 1.54) is 0 Å². The molecule has 2 fully saturated rings. The molecule has 0 radical (unpaired) electrons. The summed E-state index contributed by atoms with van der Waals surface area (Å²) in [6.07, 6.45) is 2.25. The summed E-state index contributed by atoms with van der Waals surface area (Å²) in [6.45, 7) is 5.99. The van der Waals surface area contributed by atoms with E-state index in [1.807, 2.05) is 4.90 Å². The summed E-state index contributed by atoms with van der Waals surface area (Å²) < 4.78 is 5.62. The lowest BCUT2D eigenvalue weighted by Gasteiger charge is -2.34. The fourth-order valence-electron chi connectivity index (χ4n) is 3.01. The van der Waals surface area contributed by atoms with Gasteiger partial charge in [0.2, 0.25) is 0 Å². The van der Waals surface area contributed by atoms with Crippen LogP contribution in [-0.4, -0.2) is 78.9 Å². The Morgan fingerprint density at radius 1 is 1.29 bits per heavy atom. The molecule has 2 aliphatic heterocycles. The molecule has 7 heteroatoms. The monoisotopic (exact) mass is 299 g/mol. The van der Waals surface area contributed by atoms with Gasteiger partial charge in [0.15, 0.2) is 0 Å². The molecule has 0 aromatic rings. The van der Waals surface area contributed by atoms with Gasteiger partial charge in [-0.3, -0.25) is 9.69 Å². The standard InChI is InChI=1S/C14H25N3O4/c1-2-12-11(3-8-21-12)9-15-14(20)17-6-4-16(5-7-17)10-13(18)19/h11-12H,2-10H2,1H3,(H,15,20)(H,18,19). The van der Waals surface area contributed by atoms with Crippen molar-refractivity contribution in [2.75, 3.05) is 45.9 Å². The Bertz CT molecular complexity index is 369. The average Bonchev–Trinajstić information content (AvgIpc) is 2.92. The molecule has 2 amide bonds. The number of piperazine rings is 1. The molecular weight excluding hydrogens is 274 g/mol. The van der Waals surface area contributed by atoms with Crippen LogP contribution in [0, 0.1) is 5.92 Å². The number of hydrogen-bond donors (Lipinski definition) is 2. The second-order valence-electron chi connectivity index (χ2n) is 5.71. The van der Waals surface area contributed by atoms with Gasteiger partial charge in [-0.2, -0.15) is 0 Å². The van der Waals surface area contributed by atoms with Crippen molar-refractivity contribution in [2.24, 2.45) is 5.92 Å². The molecule has 2 heterocycles. The highest BCUT2D eigenvalue weighted by molar-refractivity contribution is 5.74. The van der Waals surface area contributed by atoms with Gasteiger partial charge in [0.1, 0.15) is 0 Å². The van der Waals surface area contributed by atoms with Crippen LogP contribution in [0.1, 0.15) is 19.8 Å². The number of amides is 2. The first-order valence-electron chi connectivity index (χ1n) is 7.68. The minimum Gasteiger partial charge on any atom is -0.480 e. The van der Waals surface area contributed by atoms with Crippen molar-refractivity contribution in [3.05, 3.63) is 0 Å². The van der Waals surface area contributed by atoms with E-state index in [0.717, 1.165) is 19.4 Å². The van der Waals surface area contributed by atoms with Crippen molar-refractivity contribution in [3.63, 3.8) is 0 Å². The van der Waals surface area contributed by atoms with Gasteiger partial charge in [-0.1, -0.05) is 6.92 Å². The summed E-state index contributed by atoms with van der Waals surface area (Å²) in [5.41, 5.74) is 0. The molecular formula is C14H25N3O4. The van der Waals surface area contributed by atoms with Crippen LogP contribution < -0.4 is 5.32 Å². The molecule has 2 saturated heterocycles. The lowest BCUT2D eigenvalue weighted by molar-refractivity contribution is -0.138. The molecule has 0 saturated carbocycles. The van der Waals surface area contributed by atoms with Gasteiger partial charge in [-0.05, 0) is 12.8 Å². The van der Waals surface area contributed by atoms with Gasteiger partial charge < -0.3 is 20.1 Å². The quantitative estimate of drug-likeness (QED) is 0.758. The first kappa shape index (κ1) is 16.0. The number of carboxylic acids is 1. The van der Waals surface area contributed by atoms with Crippen LogP contribution in [0.3, 0.4) is 0 Å². The molecule has 0 bridgehead atoms. The Labute approximate surface area is 125 Å². The van der Waals surface area contributed by atoms with Crippen molar-refractivity contribution in [3.8, 4) is 0 Å². The van der Waals surface area contributed by atoms with Gasteiger partial charge in [-0.15, -0.1) is 0 Å². The van der Waals surface area contributed by atoms with Crippen LogP contribution in [-0.2, 0) is 9.53 Å². The van der Waals surface area contributed by atoms with Crippen molar-refractivity contribution in [1.82, 2.24) is 15.1 Å². The highest BCUT2D eigenvalue weighted by Crippen LogP contribution is 2.22. The smallest absolute Gasteiger partial charge is 0.317 e. The Morgan fingerprint density at radius 3 is 2.62 bits per heavy atom. The Kier molecular flexibility index (Phi) is 5.81. The second kappa shape index (κ2) is 7.61. The molecule has 0 spiro atoms. The van der Waals surface area contributed by atoms with Crippen molar-refractivity contribution >= 4 is 12.0 Å². The Balaban J connectivity index is 1.69. The van der Waals surface area contributed by atoms with Crippen LogP contribution in [0.15, 0.2) is 0 Å². The molecule has 0 aromatic heterocycles. The first-order valence-corrected chi connectivity index (χ1v) is 7.68. The topological polar surface area (TPSA) is 82.1 Å². The fraction of sp³-hybridized carbons (Fsp3) is 0.857. The third kappa shape index (κ3) is 4.57. The maximum absolute atomic E-state index is 12.1. The van der Waals surface area contributed by atoms with Crippen LogP contribution in [0.2, 0.25) is 0 Å². The number of urea groups is 1. The zero-order chi connectivity index (χ0) is 15.2. The van der Waals surface area contributed by atoms with E-state index in [4.69, 9.17) is 9.84 Å². The van der Waals surface area contributed by atoms with Crippen LogP contribution in [0.5, 0.6) is 0 Å². The van der Waals surface area contributed by atoms with E-state index in [0.29, 0.717) is 38.6 Å².